The lowest BCUT2D eigenvalue weighted by atomic mass is 9.97. The van der Waals surface area contributed by atoms with E-state index in [1.807, 2.05) is 47.4 Å². The summed E-state index contributed by atoms with van der Waals surface area (Å²) in [6, 6.07) is 17.9. The molecule has 21 heavy (non-hydrogen) atoms. The number of hydrogen-bond donors (Lipinski definition) is 1. The van der Waals surface area contributed by atoms with Gasteiger partial charge in [-0.25, -0.2) is 0 Å². The van der Waals surface area contributed by atoms with Gasteiger partial charge in [-0.2, -0.15) is 0 Å². The molecule has 1 N–H and O–H groups in total. The van der Waals surface area contributed by atoms with Gasteiger partial charge in [-0.3, -0.25) is 4.79 Å². The Morgan fingerprint density at radius 3 is 2.43 bits per heavy atom. The maximum atomic E-state index is 12.9. The molecule has 1 heterocycles. The number of anilines is 1. The van der Waals surface area contributed by atoms with Gasteiger partial charge in [-0.1, -0.05) is 49.4 Å². The number of nitrogens with zero attached hydrogens (tertiary/aromatic N) is 1. The van der Waals surface area contributed by atoms with E-state index in [2.05, 4.69) is 31.3 Å². The number of carbonyl (C=O) groups excluding carboxylic acids is 1. The first-order valence-corrected chi connectivity index (χ1v) is 7.37. The maximum Gasteiger partial charge on any atom is 0.258 e. The third kappa shape index (κ3) is 2.40. The number of amides is 1. The van der Waals surface area contributed by atoms with Gasteiger partial charge in [0.15, 0.2) is 0 Å². The molecule has 1 atom stereocenters. The molecule has 0 aromatic heterocycles. The van der Waals surface area contributed by atoms with E-state index in [9.17, 15) is 4.79 Å². The van der Waals surface area contributed by atoms with Crippen LogP contribution in [0.1, 0.15) is 36.2 Å². The first-order chi connectivity index (χ1) is 10.1. The van der Waals surface area contributed by atoms with Crippen molar-refractivity contribution in [3.05, 3.63) is 65.7 Å². The minimum atomic E-state index is -0.360. The molecule has 3 heteroatoms. The maximum absolute atomic E-state index is 12.9. The summed E-state index contributed by atoms with van der Waals surface area (Å²) in [7, 11) is 0. The van der Waals surface area contributed by atoms with Gasteiger partial charge >= 0.3 is 0 Å². The van der Waals surface area contributed by atoms with Crippen LogP contribution in [0.15, 0.2) is 54.6 Å². The summed E-state index contributed by atoms with van der Waals surface area (Å²) in [6.07, 6.45) is 0.847. The zero-order valence-corrected chi connectivity index (χ0v) is 12.5. The van der Waals surface area contributed by atoms with E-state index in [1.165, 1.54) is 0 Å². The smallest absolute Gasteiger partial charge is 0.258 e. The summed E-state index contributed by atoms with van der Waals surface area (Å²) in [5, 5.41) is 3.53. The van der Waals surface area contributed by atoms with Crippen molar-refractivity contribution in [2.45, 2.75) is 32.5 Å². The predicted molar refractivity (Wildman–Crippen MR) is 85.1 cm³/mol. The molecular formula is C18H20N2O. The van der Waals surface area contributed by atoms with Crippen molar-refractivity contribution in [3.8, 4) is 0 Å². The fourth-order valence-corrected chi connectivity index (χ4v) is 2.80. The van der Waals surface area contributed by atoms with E-state index >= 15 is 0 Å². The number of carbonyl (C=O) groups is 1. The van der Waals surface area contributed by atoms with Crippen LogP contribution in [0.5, 0.6) is 0 Å². The molecule has 1 aliphatic heterocycles. The molecule has 0 bridgehead atoms. The number of nitrogens with one attached hydrogen (secondary N) is 1. The Hall–Kier alpha value is -2.29. The molecule has 2 aromatic rings. The van der Waals surface area contributed by atoms with Crippen molar-refractivity contribution in [1.82, 2.24) is 4.90 Å². The van der Waals surface area contributed by atoms with E-state index in [1.54, 1.807) is 0 Å². The largest absolute Gasteiger partial charge is 0.362 e. The SMILES string of the molecule is CC[C@@]1(C)Nc2ccccc2C(=O)N1Cc1ccccc1. The quantitative estimate of drug-likeness (QED) is 0.925. The molecule has 1 amide bonds. The summed E-state index contributed by atoms with van der Waals surface area (Å²) in [6.45, 7) is 4.81. The van der Waals surface area contributed by atoms with Gasteiger partial charge in [0.1, 0.15) is 5.66 Å². The molecule has 0 aliphatic carbocycles. The highest BCUT2D eigenvalue weighted by atomic mass is 16.2. The molecule has 3 rings (SSSR count). The molecule has 0 saturated heterocycles. The Balaban J connectivity index is 1.99. The van der Waals surface area contributed by atoms with Gasteiger partial charge in [0.25, 0.3) is 5.91 Å². The summed E-state index contributed by atoms with van der Waals surface area (Å²) in [5.41, 5.74) is 2.46. The second-order valence-electron chi connectivity index (χ2n) is 5.67. The average Bonchev–Trinajstić information content (AvgIpc) is 2.52. The third-order valence-corrected chi connectivity index (χ3v) is 4.27. The zero-order chi connectivity index (χ0) is 14.9. The second-order valence-corrected chi connectivity index (χ2v) is 5.67. The summed E-state index contributed by atoms with van der Waals surface area (Å²) in [5.74, 6) is 0.0950. The van der Waals surface area contributed by atoms with Crippen molar-refractivity contribution in [1.29, 1.82) is 0 Å². The molecule has 0 fully saturated rings. The number of fused-ring (bicyclic) bond motifs is 1. The van der Waals surface area contributed by atoms with Gasteiger partial charge < -0.3 is 10.2 Å². The Morgan fingerprint density at radius 1 is 1.05 bits per heavy atom. The standard InChI is InChI=1S/C18H20N2O/c1-3-18(2)19-16-12-8-7-11-15(16)17(21)20(18)13-14-9-5-4-6-10-14/h4-12,19H,3,13H2,1-2H3/t18-/m0/s1. The summed E-state index contributed by atoms with van der Waals surface area (Å²) in [4.78, 5) is 14.8. The minimum Gasteiger partial charge on any atom is -0.362 e. The van der Waals surface area contributed by atoms with Crippen molar-refractivity contribution >= 4 is 11.6 Å². The summed E-state index contributed by atoms with van der Waals surface area (Å²) >= 11 is 0. The van der Waals surface area contributed by atoms with Crippen LogP contribution in [0.3, 0.4) is 0 Å². The van der Waals surface area contributed by atoms with Gasteiger partial charge in [-0.05, 0) is 31.0 Å². The number of para-hydroxylation sites is 1. The molecule has 0 saturated carbocycles. The second kappa shape index (κ2) is 5.24. The molecule has 0 spiro atoms. The first kappa shape index (κ1) is 13.7. The summed E-state index contributed by atoms with van der Waals surface area (Å²) < 4.78 is 0. The Labute approximate surface area is 125 Å². The van der Waals surface area contributed by atoms with E-state index in [0.717, 1.165) is 23.2 Å². The minimum absolute atomic E-state index is 0.0950. The highest BCUT2D eigenvalue weighted by Crippen LogP contribution is 2.33. The van der Waals surface area contributed by atoms with Crippen LogP contribution in [0.25, 0.3) is 0 Å². The van der Waals surface area contributed by atoms with Gasteiger partial charge in [-0.15, -0.1) is 0 Å². The highest BCUT2D eigenvalue weighted by Gasteiger charge is 2.39. The van der Waals surface area contributed by atoms with Crippen molar-refractivity contribution in [2.24, 2.45) is 0 Å². The van der Waals surface area contributed by atoms with Crippen molar-refractivity contribution < 1.29 is 4.79 Å². The zero-order valence-electron chi connectivity index (χ0n) is 12.5. The van der Waals surface area contributed by atoms with Crippen LogP contribution in [0.2, 0.25) is 0 Å². The molecule has 1 aliphatic rings. The molecule has 0 radical (unpaired) electrons. The highest BCUT2D eigenvalue weighted by molar-refractivity contribution is 6.02. The van der Waals surface area contributed by atoms with Crippen molar-refractivity contribution in [2.75, 3.05) is 5.32 Å². The predicted octanol–water partition coefficient (Wildman–Crippen LogP) is 3.88. The first-order valence-electron chi connectivity index (χ1n) is 7.37. The Morgan fingerprint density at radius 2 is 1.71 bits per heavy atom. The van der Waals surface area contributed by atoms with Gasteiger partial charge in [0.05, 0.1) is 5.56 Å². The normalized spacial score (nSPS) is 20.9. The van der Waals surface area contributed by atoms with Crippen LogP contribution < -0.4 is 5.32 Å². The van der Waals surface area contributed by atoms with Crippen LogP contribution >= 0.6 is 0 Å². The van der Waals surface area contributed by atoms with E-state index in [-0.39, 0.29) is 11.6 Å². The number of rotatable bonds is 3. The Bertz CT molecular complexity index is 653. The molecular weight excluding hydrogens is 260 g/mol. The van der Waals surface area contributed by atoms with Crippen LogP contribution in [-0.2, 0) is 6.54 Å². The molecule has 2 aromatic carbocycles. The van der Waals surface area contributed by atoms with E-state index in [4.69, 9.17) is 0 Å². The van der Waals surface area contributed by atoms with Gasteiger partial charge in [0.2, 0.25) is 0 Å². The topological polar surface area (TPSA) is 32.3 Å². The van der Waals surface area contributed by atoms with Gasteiger partial charge in [0, 0.05) is 12.2 Å². The fourth-order valence-electron chi connectivity index (χ4n) is 2.80. The van der Waals surface area contributed by atoms with Crippen LogP contribution in [0, 0.1) is 0 Å². The van der Waals surface area contributed by atoms with Crippen LogP contribution in [0.4, 0.5) is 5.69 Å². The van der Waals surface area contributed by atoms with E-state index < -0.39 is 0 Å². The molecule has 3 nitrogen and oxygen atoms in total. The lowest BCUT2D eigenvalue weighted by Crippen LogP contribution is -2.57. The number of benzene rings is 2. The fraction of sp³-hybridized carbons (Fsp3) is 0.278. The van der Waals surface area contributed by atoms with Crippen LogP contribution in [-0.4, -0.2) is 16.5 Å². The van der Waals surface area contributed by atoms with E-state index in [0.29, 0.717) is 6.54 Å². The lowest BCUT2D eigenvalue weighted by Gasteiger charge is -2.46. The lowest BCUT2D eigenvalue weighted by molar-refractivity contribution is 0.0507. The molecule has 0 unspecified atom stereocenters. The third-order valence-electron chi connectivity index (χ3n) is 4.27. The average molecular weight is 280 g/mol. The monoisotopic (exact) mass is 280 g/mol. The van der Waals surface area contributed by atoms with Crippen molar-refractivity contribution in [3.63, 3.8) is 0 Å². The number of hydrogen-bond acceptors (Lipinski definition) is 2. The molecule has 108 valence electrons. The Kier molecular flexibility index (Phi) is 3.42.